The van der Waals surface area contributed by atoms with Gasteiger partial charge in [-0.2, -0.15) is 0 Å². The van der Waals surface area contributed by atoms with Crippen molar-refractivity contribution in [2.45, 2.75) is 59.3 Å². The van der Waals surface area contributed by atoms with E-state index in [1.165, 1.54) is 0 Å². The molecule has 140 valence electrons. The molecule has 1 atom stereocenters. The van der Waals surface area contributed by atoms with Gasteiger partial charge < -0.3 is 20.6 Å². The van der Waals surface area contributed by atoms with Crippen molar-refractivity contribution in [3.05, 3.63) is 26.9 Å². The third-order valence-electron chi connectivity index (χ3n) is 4.19. The van der Waals surface area contributed by atoms with Crippen molar-refractivity contribution in [1.29, 1.82) is 0 Å². The summed E-state index contributed by atoms with van der Waals surface area (Å²) in [5.41, 5.74) is 5.17. The molecular weight excluding hydrogens is 326 g/mol. The van der Waals surface area contributed by atoms with Crippen molar-refractivity contribution in [2.24, 2.45) is 11.7 Å². The van der Waals surface area contributed by atoms with E-state index >= 15 is 0 Å². The van der Waals surface area contributed by atoms with Crippen molar-refractivity contribution >= 4 is 17.7 Å². The summed E-state index contributed by atoms with van der Waals surface area (Å²) in [4.78, 5) is 37.3. The van der Waals surface area contributed by atoms with Crippen LogP contribution in [0.3, 0.4) is 0 Å². The van der Waals surface area contributed by atoms with Gasteiger partial charge in [-0.1, -0.05) is 46.5 Å². The zero-order valence-corrected chi connectivity index (χ0v) is 15.1. The van der Waals surface area contributed by atoms with Crippen LogP contribution in [-0.4, -0.2) is 28.4 Å². The lowest BCUT2D eigenvalue weighted by molar-refractivity contribution is -0.390. The molecule has 1 amide bonds. The maximum absolute atomic E-state index is 12.4. The van der Waals surface area contributed by atoms with Gasteiger partial charge in [0.15, 0.2) is 0 Å². The maximum atomic E-state index is 12.4. The summed E-state index contributed by atoms with van der Waals surface area (Å²) in [6, 6.07) is 0. The Kier molecular flexibility index (Phi) is 8.10. The van der Waals surface area contributed by atoms with Gasteiger partial charge in [0.25, 0.3) is 5.91 Å². The molecule has 1 aromatic rings. The van der Waals surface area contributed by atoms with Crippen LogP contribution in [0.15, 0.2) is 0 Å². The number of amides is 1. The standard InChI is InChI=1S/C17H27N3O5/c1-4-7-8-11(6-3)10-12-13(17(22)25-9-5-2)14(15(18)21)19-16(12)20(23)24/h11,19H,4-10H2,1-3H3,(H2,18,21). The van der Waals surface area contributed by atoms with Gasteiger partial charge in [-0.25, -0.2) is 9.78 Å². The van der Waals surface area contributed by atoms with Gasteiger partial charge >= 0.3 is 11.8 Å². The quantitative estimate of drug-likeness (QED) is 0.358. The van der Waals surface area contributed by atoms with Crippen LogP contribution in [-0.2, 0) is 11.2 Å². The number of hydrogen-bond donors (Lipinski definition) is 2. The number of nitrogens with zero attached hydrogens (tertiary/aromatic N) is 1. The van der Waals surface area contributed by atoms with Gasteiger partial charge in [-0.15, -0.1) is 0 Å². The van der Waals surface area contributed by atoms with E-state index in [1.54, 1.807) is 0 Å². The topological polar surface area (TPSA) is 128 Å². The highest BCUT2D eigenvalue weighted by atomic mass is 16.6. The van der Waals surface area contributed by atoms with Crippen LogP contribution >= 0.6 is 0 Å². The van der Waals surface area contributed by atoms with E-state index in [0.717, 1.165) is 25.7 Å². The number of nitrogens with two attached hydrogens (primary N) is 1. The lowest BCUT2D eigenvalue weighted by Crippen LogP contribution is -2.19. The minimum Gasteiger partial charge on any atom is -0.462 e. The van der Waals surface area contributed by atoms with Crippen molar-refractivity contribution in [2.75, 3.05) is 6.61 Å². The fraction of sp³-hybridized carbons (Fsp3) is 0.647. The smallest absolute Gasteiger partial charge is 0.343 e. The average Bonchev–Trinajstić information content (AvgIpc) is 2.96. The predicted octanol–water partition coefficient (Wildman–Crippen LogP) is 3.35. The molecule has 0 radical (unpaired) electrons. The molecule has 3 N–H and O–H groups in total. The Bertz CT molecular complexity index is 624. The normalized spacial score (nSPS) is 12.0. The molecule has 1 aromatic heterocycles. The minimum absolute atomic E-state index is 0.0948. The van der Waals surface area contributed by atoms with Gasteiger partial charge in [0.1, 0.15) is 5.56 Å². The van der Waals surface area contributed by atoms with E-state index in [9.17, 15) is 19.7 Å². The van der Waals surface area contributed by atoms with Crippen LogP contribution in [0.2, 0.25) is 0 Å². The van der Waals surface area contributed by atoms with Crippen LogP contribution < -0.4 is 5.73 Å². The van der Waals surface area contributed by atoms with Gasteiger partial charge in [0.05, 0.1) is 12.2 Å². The first kappa shape index (κ1) is 20.7. The number of rotatable bonds is 11. The minimum atomic E-state index is -0.917. The SMILES string of the molecule is CCCCC(CC)Cc1c([N+](=O)[O-])[nH]c(C(N)=O)c1C(=O)OCCC. The molecular formula is C17H27N3O5. The largest absolute Gasteiger partial charge is 0.462 e. The molecule has 1 unspecified atom stereocenters. The monoisotopic (exact) mass is 353 g/mol. The third kappa shape index (κ3) is 5.30. The summed E-state index contributed by atoms with van der Waals surface area (Å²) in [6.45, 7) is 6.08. The van der Waals surface area contributed by atoms with Crippen LogP contribution in [0.5, 0.6) is 0 Å². The Morgan fingerprint density at radius 2 is 1.96 bits per heavy atom. The Labute approximate surface area is 147 Å². The summed E-state index contributed by atoms with van der Waals surface area (Å²) >= 11 is 0. The molecule has 0 fully saturated rings. The molecule has 0 saturated heterocycles. The number of hydrogen-bond acceptors (Lipinski definition) is 5. The fourth-order valence-electron chi connectivity index (χ4n) is 2.79. The maximum Gasteiger partial charge on any atom is 0.343 e. The molecule has 0 bridgehead atoms. The number of nitrogens with one attached hydrogen (secondary N) is 1. The second-order valence-electron chi connectivity index (χ2n) is 6.08. The number of aromatic amines is 1. The molecule has 0 aliphatic rings. The first-order valence-electron chi connectivity index (χ1n) is 8.73. The molecule has 25 heavy (non-hydrogen) atoms. The summed E-state index contributed by atoms with van der Waals surface area (Å²) in [7, 11) is 0. The molecule has 0 spiro atoms. The van der Waals surface area contributed by atoms with Crippen LogP contribution in [0, 0.1) is 16.0 Å². The second kappa shape index (κ2) is 9.80. The lowest BCUT2D eigenvalue weighted by atomic mass is 9.90. The zero-order chi connectivity index (χ0) is 19.0. The van der Waals surface area contributed by atoms with Crippen LogP contribution in [0.4, 0.5) is 5.82 Å². The number of H-pyrrole nitrogens is 1. The van der Waals surface area contributed by atoms with Crippen LogP contribution in [0.1, 0.15) is 79.3 Å². The van der Waals surface area contributed by atoms with E-state index in [-0.39, 0.29) is 35.2 Å². The number of carbonyl (C=O) groups excluding carboxylic acids is 2. The van der Waals surface area contributed by atoms with Crippen molar-refractivity contribution in [3.8, 4) is 0 Å². The number of aromatic nitrogens is 1. The van der Waals surface area contributed by atoms with Crippen LogP contribution in [0.25, 0.3) is 0 Å². The van der Waals surface area contributed by atoms with E-state index in [1.807, 2.05) is 13.8 Å². The molecule has 1 heterocycles. The summed E-state index contributed by atoms with van der Waals surface area (Å²) < 4.78 is 5.11. The zero-order valence-electron chi connectivity index (χ0n) is 15.1. The Morgan fingerprint density at radius 1 is 1.28 bits per heavy atom. The first-order chi connectivity index (χ1) is 11.9. The van der Waals surface area contributed by atoms with Gasteiger partial charge in [0.2, 0.25) is 5.69 Å². The number of ether oxygens (including phenoxy) is 1. The van der Waals surface area contributed by atoms with E-state index in [4.69, 9.17) is 10.5 Å². The average molecular weight is 353 g/mol. The molecule has 8 nitrogen and oxygen atoms in total. The molecule has 1 rings (SSSR count). The molecule has 0 aliphatic heterocycles. The molecule has 8 heteroatoms. The second-order valence-corrected chi connectivity index (χ2v) is 6.08. The van der Waals surface area contributed by atoms with Crippen molar-refractivity contribution < 1.29 is 19.2 Å². The van der Waals surface area contributed by atoms with Gasteiger partial charge in [-0.3, -0.25) is 4.79 Å². The first-order valence-corrected chi connectivity index (χ1v) is 8.73. The van der Waals surface area contributed by atoms with Crippen molar-refractivity contribution in [1.82, 2.24) is 4.98 Å². The number of esters is 1. The third-order valence-corrected chi connectivity index (χ3v) is 4.19. The number of primary amides is 1. The highest BCUT2D eigenvalue weighted by molar-refractivity contribution is 6.05. The Morgan fingerprint density at radius 3 is 2.44 bits per heavy atom. The molecule has 0 saturated carbocycles. The highest BCUT2D eigenvalue weighted by Crippen LogP contribution is 2.31. The van der Waals surface area contributed by atoms with Gasteiger partial charge in [0, 0.05) is 0 Å². The number of nitro groups is 1. The summed E-state index contributed by atoms with van der Waals surface area (Å²) in [5.74, 6) is -1.85. The Hall–Kier alpha value is -2.38. The van der Waals surface area contributed by atoms with Gasteiger partial charge in [-0.05, 0) is 23.7 Å². The Balaban J connectivity index is 3.36. The van der Waals surface area contributed by atoms with E-state index < -0.39 is 16.8 Å². The van der Waals surface area contributed by atoms with E-state index in [2.05, 4.69) is 11.9 Å². The fourth-order valence-corrected chi connectivity index (χ4v) is 2.79. The predicted molar refractivity (Wildman–Crippen MR) is 93.5 cm³/mol. The summed E-state index contributed by atoms with van der Waals surface area (Å²) in [5, 5.41) is 11.4. The summed E-state index contributed by atoms with van der Waals surface area (Å²) in [6.07, 6.45) is 4.65. The number of unbranched alkanes of at least 4 members (excludes halogenated alkanes) is 1. The highest BCUT2D eigenvalue weighted by Gasteiger charge is 2.34. The molecule has 0 aromatic carbocycles. The van der Waals surface area contributed by atoms with Crippen molar-refractivity contribution in [3.63, 3.8) is 0 Å². The van der Waals surface area contributed by atoms with E-state index in [0.29, 0.717) is 12.8 Å². The number of carbonyl (C=O) groups is 2. The lowest BCUT2D eigenvalue weighted by Gasteiger charge is -2.14. The molecule has 0 aliphatic carbocycles.